The fourth-order valence-electron chi connectivity index (χ4n) is 1.98. The van der Waals surface area contributed by atoms with Crippen LogP contribution in [0, 0.1) is 6.92 Å². The molecule has 0 unspecified atom stereocenters. The predicted molar refractivity (Wildman–Crippen MR) is 61.8 cm³/mol. The highest BCUT2D eigenvalue weighted by Gasteiger charge is 2.13. The lowest BCUT2D eigenvalue weighted by Crippen LogP contribution is -2.30. The van der Waals surface area contributed by atoms with Gasteiger partial charge in [-0.2, -0.15) is 0 Å². The smallest absolute Gasteiger partial charge is 0.0396 e. The van der Waals surface area contributed by atoms with Gasteiger partial charge >= 0.3 is 0 Å². The lowest BCUT2D eigenvalue weighted by Gasteiger charge is -2.31. The van der Waals surface area contributed by atoms with Crippen LogP contribution in [-0.2, 0) is 0 Å². The highest BCUT2D eigenvalue weighted by atomic mass is 15.1. The molecule has 0 spiro atoms. The molecule has 1 fully saturated rings. The third-order valence-electron chi connectivity index (χ3n) is 2.93. The summed E-state index contributed by atoms with van der Waals surface area (Å²) in [4.78, 5) is 2.46. The van der Waals surface area contributed by atoms with Crippen LogP contribution < -0.4 is 4.90 Å². The maximum absolute atomic E-state index is 4.04. The van der Waals surface area contributed by atoms with Gasteiger partial charge in [-0.15, -0.1) is 0 Å². The zero-order valence-electron chi connectivity index (χ0n) is 8.79. The van der Waals surface area contributed by atoms with E-state index in [4.69, 9.17) is 0 Å². The molecule has 0 atom stereocenters. The van der Waals surface area contributed by atoms with Crippen LogP contribution in [0.3, 0.4) is 0 Å². The molecule has 1 aliphatic heterocycles. The first-order valence-electron chi connectivity index (χ1n) is 5.24. The molecule has 0 N–H and O–H groups in total. The first-order chi connectivity index (χ1) is 6.77. The van der Waals surface area contributed by atoms with E-state index in [0.717, 1.165) is 25.9 Å². The SMILES string of the molecule is C=C1CCN(c2ccccc2C)CC1. The molecule has 1 heterocycles. The van der Waals surface area contributed by atoms with Crippen LogP contribution in [-0.4, -0.2) is 13.1 Å². The van der Waals surface area contributed by atoms with Gasteiger partial charge in [-0.1, -0.05) is 30.4 Å². The molecule has 1 heteroatoms. The maximum Gasteiger partial charge on any atom is 0.0396 e. The van der Waals surface area contributed by atoms with Gasteiger partial charge in [-0.25, -0.2) is 0 Å². The van der Waals surface area contributed by atoms with Gasteiger partial charge in [-0.3, -0.25) is 0 Å². The van der Waals surface area contributed by atoms with Gasteiger partial charge in [0.2, 0.25) is 0 Å². The molecule has 0 aromatic heterocycles. The normalized spacial score (nSPS) is 17.2. The fourth-order valence-corrected chi connectivity index (χ4v) is 1.98. The molecule has 0 aliphatic carbocycles. The number of nitrogens with zero attached hydrogens (tertiary/aromatic N) is 1. The molecular weight excluding hydrogens is 170 g/mol. The lowest BCUT2D eigenvalue weighted by molar-refractivity contribution is 0.686. The van der Waals surface area contributed by atoms with E-state index in [2.05, 4.69) is 42.7 Å². The molecule has 1 nitrogen and oxygen atoms in total. The number of anilines is 1. The highest BCUT2D eigenvalue weighted by molar-refractivity contribution is 5.53. The van der Waals surface area contributed by atoms with Gasteiger partial charge in [0, 0.05) is 18.8 Å². The van der Waals surface area contributed by atoms with Crippen LogP contribution in [0.25, 0.3) is 0 Å². The molecule has 1 aromatic rings. The second kappa shape index (κ2) is 3.87. The van der Waals surface area contributed by atoms with E-state index in [1.54, 1.807) is 0 Å². The second-order valence-electron chi connectivity index (χ2n) is 4.02. The summed E-state index contributed by atoms with van der Waals surface area (Å²) in [6, 6.07) is 8.61. The average molecular weight is 187 g/mol. The van der Waals surface area contributed by atoms with Crippen molar-refractivity contribution in [2.24, 2.45) is 0 Å². The minimum Gasteiger partial charge on any atom is -0.371 e. The van der Waals surface area contributed by atoms with Gasteiger partial charge in [0.1, 0.15) is 0 Å². The fraction of sp³-hybridized carbons (Fsp3) is 0.385. The topological polar surface area (TPSA) is 3.24 Å². The first kappa shape index (κ1) is 9.32. The summed E-state index contributed by atoms with van der Waals surface area (Å²) in [5.41, 5.74) is 4.16. The van der Waals surface area contributed by atoms with Crippen LogP contribution in [0.1, 0.15) is 18.4 Å². The van der Waals surface area contributed by atoms with E-state index < -0.39 is 0 Å². The van der Waals surface area contributed by atoms with Crippen LogP contribution in [0.15, 0.2) is 36.4 Å². The van der Waals surface area contributed by atoms with Crippen LogP contribution in [0.5, 0.6) is 0 Å². The first-order valence-corrected chi connectivity index (χ1v) is 5.24. The van der Waals surface area contributed by atoms with E-state index in [9.17, 15) is 0 Å². The molecule has 1 saturated heterocycles. The minimum atomic E-state index is 1.13. The van der Waals surface area contributed by atoms with Crippen molar-refractivity contribution < 1.29 is 0 Å². The van der Waals surface area contributed by atoms with Crippen molar-refractivity contribution in [2.75, 3.05) is 18.0 Å². The molecule has 0 saturated carbocycles. The summed E-state index contributed by atoms with van der Waals surface area (Å²) in [7, 11) is 0. The monoisotopic (exact) mass is 187 g/mol. The largest absolute Gasteiger partial charge is 0.371 e. The number of aryl methyl sites for hydroxylation is 1. The van der Waals surface area contributed by atoms with Crippen molar-refractivity contribution >= 4 is 5.69 Å². The average Bonchev–Trinajstić information content (AvgIpc) is 2.20. The van der Waals surface area contributed by atoms with E-state index >= 15 is 0 Å². The Bertz CT molecular complexity index is 331. The number of hydrogen-bond acceptors (Lipinski definition) is 1. The second-order valence-corrected chi connectivity index (χ2v) is 4.02. The summed E-state index contributed by atoms with van der Waals surface area (Å²) in [5, 5.41) is 0. The third kappa shape index (κ3) is 1.82. The molecule has 0 amide bonds. The van der Waals surface area contributed by atoms with Crippen molar-refractivity contribution in [3.63, 3.8) is 0 Å². The number of rotatable bonds is 1. The molecule has 0 bridgehead atoms. The Morgan fingerprint density at radius 1 is 1.14 bits per heavy atom. The van der Waals surface area contributed by atoms with Gasteiger partial charge in [0.25, 0.3) is 0 Å². The van der Waals surface area contributed by atoms with Crippen molar-refractivity contribution in [1.82, 2.24) is 0 Å². The van der Waals surface area contributed by atoms with Crippen LogP contribution in [0.2, 0.25) is 0 Å². The Morgan fingerprint density at radius 3 is 2.43 bits per heavy atom. The Labute approximate surface area is 86.1 Å². The van der Waals surface area contributed by atoms with E-state index in [-0.39, 0.29) is 0 Å². The van der Waals surface area contributed by atoms with Gasteiger partial charge in [0.05, 0.1) is 0 Å². The summed E-state index contributed by atoms with van der Waals surface area (Å²) < 4.78 is 0. The Balaban J connectivity index is 2.16. The van der Waals surface area contributed by atoms with E-state index in [1.165, 1.54) is 16.8 Å². The quantitative estimate of drug-likeness (QED) is 0.610. The summed E-state index contributed by atoms with van der Waals surface area (Å²) >= 11 is 0. The van der Waals surface area contributed by atoms with Crippen LogP contribution in [0.4, 0.5) is 5.69 Å². The third-order valence-corrected chi connectivity index (χ3v) is 2.93. The van der Waals surface area contributed by atoms with E-state index in [0.29, 0.717) is 0 Å². The molecule has 1 aromatic carbocycles. The molecule has 2 rings (SSSR count). The molecule has 74 valence electrons. The molecular formula is C13H17N. The predicted octanol–water partition coefficient (Wildman–Crippen LogP) is 3.15. The number of para-hydroxylation sites is 1. The lowest BCUT2D eigenvalue weighted by atomic mass is 10.0. The summed E-state index contributed by atoms with van der Waals surface area (Å²) in [6.45, 7) is 8.47. The minimum absolute atomic E-state index is 1.13. The zero-order chi connectivity index (χ0) is 9.97. The molecule has 1 aliphatic rings. The maximum atomic E-state index is 4.04. The highest BCUT2D eigenvalue weighted by Crippen LogP contribution is 2.24. The summed E-state index contributed by atoms with van der Waals surface area (Å²) in [5.74, 6) is 0. The number of benzene rings is 1. The Morgan fingerprint density at radius 2 is 1.79 bits per heavy atom. The van der Waals surface area contributed by atoms with Crippen molar-refractivity contribution in [3.05, 3.63) is 42.0 Å². The number of hydrogen-bond donors (Lipinski definition) is 0. The molecule has 0 radical (unpaired) electrons. The van der Waals surface area contributed by atoms with E-state index in [1.807, 2.05) is 0 Å². The van der Waals surface area contributed by atoms with Crippen molar-refractivity contribution in [1.29, 1.82) is 0 Å². The standard InChI is InChI=1S/C13H17N/c1-11-7-9-14(10-8-11)13-6-4-3-5-12(13)2/h3-6H,1,7-10H2,2H3. The summed E-state index contributed by atoms with van der Waals surface area (Å²) in [6.07, 6.45) is 2.29. The van der Waals surface area contributed by atoms with Crippen LogP contribution >= 0.6 is 0 Å². The Kier molecular flexibility index (Phi) is 2.58. The van der Waals surface area contributed by atoms with Gasteiger partial charge in [0.15, 0.2) is 0 Å². The van der Waals surface area contributed by atoms with Crippen molar-refractivity contribution in [3.8, 4) is 0 Å². The Hall–Kier alpha value is -1.24. The van der Waals surface area contributed by atoms with Gasteiger partial charge < -0.3 is 4.90 Å². The van der Waals surface area contributed by atoms with Crippen molar-refractivity contribution in [2.45, 2.75) is 19.8 Å². The zero-order valence-corrected chi connectivity index (χ0v) is 8.79. The molecule has 14 heavy (non-hydrogen) atoms. The number of piperidine rings is 1. The van der Waals surface area contributed by atoms with Gasteiger partial charge in [-0.05, 0) is 31.4 Å².